The maximum Gasteiger partial charge on any atom is 0.223 e. The number of nitrogens with zero attached hydrogens (tertiary/aromatic N) is 1. The fourth-order valence-electron chi connectivity index (χ4n) is 2.13. The lowest BCUT2D eigenvalue weighted by Crippen LogP contribution is -2.29. The third-order valence-electron chi connectivity index (χ3n) is 3.53. The van der Waals surface area contributed by atoms with Gasteiger partial charge in [-0.25, -0.2) is 0 Å². The van der Waals surface area contributed by atoms with Gasteiger partial charge in [-0.1, -0.05) is 18.2 Å². The molecule has 4 nitrogen and oxygen atoms in total. The van der Waals surface area contributed by atoms with Gasteiger partial charge in [-0.3, -0.25) is 4.79 Å². The predicted molar refractivity (Wildman–Crippen MR) is 76.3 cm³/mol. The van der Waals surface area contributed by atoms with E-state index in [1.54, 1.807) is 30.3 Å². The Hall–Kier alpha value is -2.23. The minimum atomic E-state index is -0.166. The molecule has 0 aliphatic rings. The van der Waals surface area contributed by atoms with Crippen LogP contribution in [-0.4, -0.2) is 23.0 Å². The SMILES string of the molecule is CC(c1ccccc1O)N(C)C(=O)CCc1ccco1. The zero-order valence-electron chi connectivity index (χ0n) is 11.7. The molecule has 1 aromatic heterocycles. The van der Waals surface area contributed by atoms with Crippen molar-refractivity contribution >= 4 is 5.91 Å². The summed E-state index contributed by atoms with van der Waals surface area (Å²) in [6, 6.07) is 10.6. The highest BCUT2D eigenvalue weighted by atomic mass is 16.3. The summed E-state index contributed by atoms with van der Waals surface area (Å²) in [6.45, 7) is 1.90. The quantitative estimate of drug-likeness (QED) is 0.910. The van der Waals surface area contributed by atoms with E-state index in [1.165, 1.54) is 0 Å². The van der Waals surface area contributed by atoms with E-state index < -0.39 is 0 Å². The molecule has 1 atom stereocenters. The molecule has 1 amide bonds. The Bertz CT molecular complexity index is 563. The molecule has 0 bridgehead atoms. The van der Waals surface area contributed by atoms with E-state index in [2.05, 4.69) is 0 Å². The lowest BCUT2D eigenvalue weighted by molar-refractivity contribution is -0.131. The molecule has 0 spiro atoms. The highest BCUT2D eigenvalue weighted by Crippen LogP contribution is 2.27. The lowest BCUT2D eigenvalue weighted by atomic mass is 10.1. The van der Waals surface area contributed by atoms with Crippen LogP contribution in [0.2, 0.25) is 0 Å². The molecular weight excluding hydrogens is 254 g/mol. The lowest BCUT2D eigenvalue weighted by Gasteiger charge is -2.25. The largest absolute Gasteiger partial charge is 0.508 e. The van der Waals surface area contributed by atoms with Crippen LogP contribution in [0.3, 0.4) is 0 Å². The summed E-state index contributed by atoms with van der Waals surface area (Å²) in [6.07, 6.45) is 2.58. The standard InChI is InChI=1S/C16H19NO3/c1-12(14-7-3-4-8-15(14)18)17(2)16(19)10-9-13-6-5-11-20-13/h3-8,11-12,18H,9-10H2,1-2H3. The molecule has 2 aromatic rings. The summed E-state index contributed by atoms with van der Waals surface area (Å²) < 4.78 is 5.22. The normalized spacial score (nSPS) is 12.1. The molecule has 20 heavy (non-hydrogen) atoms. The number of hydrogen-bond acceptors (Lipinski definition) is 3. The number of benzene rings is 1. The summed E-state index contributed by atoms with van der Waals surface area (Å²) in [5.41, 5.74) is 0.751. The van der Waals surface area contributed by atoms with Crippen molar-refractivity contribution in [2.75, 3.05) is 7.05 Å². The number of para-hydroxylation sites is 1. The number of carbonyl (C=O) groups is 1. The maximum absolute atomic E-state index is 12.2. The third kappa shape index (κ3) is 3.20. The van der Waals surface area contributed by atoms with Crippen molar-refractivity contribution in [1.29, 1.82) is 0 Å². The van der Waals surface area contributed by atoms with Crippen molar-refractivity contribution in [3.8, 4) is 5.75 Å². The van der Waals surface area contributed by atoms with Gasteiger partial charge in [-0.2, -0.15) is 0 Å². The summed E-state index contributed by atoms with van der Waals surface area (Å²) in [5.74, 6) is 1.05. The molecule has 1 unspecified atom stereocenters. The van der Waals surface area contributed by atoms with Crippen LogP contribution in [0.15, 0.2) is 47.1 Å². The molecule has 0 saturated carbocycles. The average Bonchev–Trinajstić information content (AvgIpc) is 2.97. The van der Waals surface area contributed by atoms with E-state index in [4.69, 9.17) is 4.42 Å². The number of aromatic hydroxyl groups is 1. The first kappa shape index (κ1) is 14.2. The second-order valence-electron chi connectivity index (χ2n) is 4.82. The monoisotopic (exact) mass is 273 g/mol. The van der Waals surface area contributed by atoms with Crippen molar-refractivity contribution in [1.82, 2.24) is 4.90 Å². The molecule has 0 saturated heterocycles. The number of rotatable bonds is 5. The maximum atomic E-state index is 12.2. The second kappa shape index (κ2) is 6.28. The minimum Gasteiger partial charge on any atom is -0.508 e. The zero-order chi connectivity index (χ0) is 14.5. The van der Waals surface area contributed by atoms with Crippen molar-refractivity contribution in [3.05, 3.63) is 54.0 Å². The van der Waals surface area contributed by atoms with E-state index in [9.17, 15) is 9.90 Å². The van der Waals surface area contributed by atoms with Crippen LogP contribution in [0.1, 0.15) is 30.7 Å². The van der Waals surface area contributed by atoms with Gasteiger partial charge >= 0.3 is 0 Å². The fraction of sp³-hybridized carbons (Fsp3) is 0.312. The van der Waals surface area contributed by atoms with Gasteiger partial charge in [0.2, 0.25) is 5.91 Å². The number of amides is 1. The van der Waals surface area contributed by atoms with Crippen LogP contribution >= 0.6 is 0 Å². The van der Waals surface area contributed by atoms with Gasteiger partial charge in [0.1, 0.15) is 11.5 Å². The van der Waals surface area contributed by atoms with Gasteiger partial charge in [0.15, 0.2) is 0 Å². The smallest absolute Gasteiger partial charge is 0.223 e. The number of phenolic OH excluding ortho intramolecular Hbond substituents is 1. The van der Waals surface area contributed by atoms with Gasteiger partial charge in [-0.15, -0.1) is 0 Å². The van der Waals surface area contributed by atoms with Crippen LogP contribution in [0.4, 0.5) is 0 Å². The Morgan fingerprint density at radius 1 is 1.30 bits per heavy atom. The van der Waals surface area contributed by atoms with E-state index in [-0.39, 0.29) is 17.7 Å². The molecule has 0 radical (unpaired) electrons. The second-order valence-corrected chi connectivity index (χ2v) is 4.82. The van der Waals surface area contributed by atoms with E-state index in [0.717, 1.165) is 11.3 Å². The van der Waals surface area contributed by atoms with E-state index in [1.807, 2.05) is 31.2 Å². The Morgan fingerprint density at radius 3 is 2.70 bits per heavy atom. The molecule has 0 aliphatic carbocycles. The molecule has 106 valence electrons. The van der Waals surface area contributed by atoms with Gasteiger partial charge in [0.25, 0.3) is 0 Å². The Labute approximate surface area is 118 Å². The number of furan rings is 1. The van der Waals surface area contributed by atoms with Gasteiger partial charge < -0.3 is 14.4 Å². The molecule has 0 fully saturated rings. The van der Waals surface area contributed by atoms with Crippen molar-refractivity contribution in [2.24, 2.45) is 0 Å². The third-order valence-corrected chi connectivity index (χ3v) is 3.53. The summed E-state index contributed by atoms with van der Waals surface area (Å²) >= 11 is 0. The summed E-state index contributed by atoms with van der Waals surface area (Å²) in [7, 11) is 1.75. The minimum absolute atomic E-state index is 0.0251. The van der Waals surface area contributed by atoms with Crippen molar-refractivity contribution < 1.29 is 14.3 Å². The van der Waals surface area contributed by atoms with Gasteiger partial charge in [-0.05, 0) is 25.1 Å². The van der Waals surface area contributed by atoms with Crippen LogP contribution in [0.25, 0.3) is 0 Å². The van der Waals surface area contributed by atoms with Crippen molar-refractivity contribution in [2.45, 2.75) is 25.8 Å². The first-order chi connectivity index (χ1) is 9.59. The summed E-state index contributed by atoms with van der Waals surface area (Å²) in [5, 5.41) is 9.84. The Balaban J connectivity index is 1.97. The van der Waals surface area contributed by atoms with Gasteiger partial charge in [0.05, 0.1) is 12.3 Å². The van der Waals surface area contributed by atoms with Crippen LogP contribution in [0.5, 0.6) is 5.75 Å². The molecule has 0 aliphatic heterocycles. The fourth-order valence-corrected chi connectivity index (χ4v) is 2.13. The first-order valence-corrected chi connectivity index (χ1v) is 6.65. The first-order valence-electron chi connectivity index (χ1n) is 6.65. The highest BCUT2D eigenvalue weighted by molar-refractivity contribution is 5.76. The van der Waals surface area contributed by atoms with Crippen LogP contribution < -0.4 is 0 Å². The molecule has 2 rings (SSSR count). The molecule has 1 heterocycles. The number of hydrogen-bond donors (Lipinski definition) is 1. The molecule has 1 N–H and O–H groups in total. The highest BCUT2D eigenvalue weighted by Gasteiger charge is 2.19. The Kier molecular flexibility index (Phi) is 4.45. The number of carbonyl (C=O) groups excluding carboxylic acids is 1. The molecular formula is C16H19NO3. The summed E-state index contributed by atoms with van der Waals surface area (Å²) in [4.78, 5) is 13.8. The topological polar surface area (TPSA) is 53.7 Å². The number of aryl methyl sites for hydroxylation is 1. The van der Waals surface area contributed by atoms with Crippen LogP contribution in [-0.2, 0) is 11.2 Å². The molecule has 4 heteroatoms. The zero-order valence-corrected chi connectivity index (χ0v) is 11.7. The average molecular weight is 273 g/mol. The van der Waals surface area contributed by atoms with E-state index in [0.29, 0.717) is 12.8 Å². The van der Waals surface area contributed by atoms with Gasteiger partial charge in [0, 0.05) is 25.5 Å². The van der Waals surface area contributed by atoms with E-state index >= 15 is 0 Å². The Morgan fingerprint density at radius 2 is 2.05 bits per heavy atom. The predicted octanol–water partition coefficient (Wildman–Crippen LogP) is 3.14. The van der Waals surface area contributed by atoms with Crippen LogP contribution in [0, 0.1) is 0 Å². The van der Waals surface area contributed by atoms with Crippen molar-refractivity contribution in [3.63, 3.8) is 0 Å². The molecule has 1 aromatic carbocycles. The number of phenols is 1.